The molecule has 7 heteroatoms. The SMILES string of the molecule is CCn1c(C2CCCN2c2ncnc3[nH]ncc23)nc2ccccc21. The van der Waals surface area contributed by atoms with Gasteiger partial charge in [-0.1, -0.05) is 12.1 Å². The number of imidazole rings is 1. The molecule has 3 aromatic heterocycles. The summed E-state index contributed by atoms with van der Waals surface area (Å²) in [6.07, 6.45) is 5.62. The number of anilines is 1. The molecule has 0 saturated carbocycles. The standard InChI is InChI=1S/C18H19N7/c1-2-24-14-7-4-3-6-13(14)22-18(24)15-8-5-9-25(15)17-12-10-21-23-16(12)19-11-20-17/h3-4,6-7,10-11,15H,2,5,8-9H2,1H3,(H,19,20,21,23). The maximum absolute atomic E-state index is 4.96. The summed E-state index contributed by atoms with van der Waals surface area (Å²) >= 11 is 0. The van der Waals surface area contributed by atoms with Crippen molar-refractivity contribution in [1.82, 2.24) is 29.7 Å². The van der Waals surface area contributed by atoms with Gasteiger partial charge >= 0.3 is 0 Å². The van der Waals surface area contributed by atoms with Crippen LogP contribution in [0.5, 0.6) is 0 Å². The molecule has 0 spiro atoms. The van der Waals surface area contributed by atoms with E-state index in [2.05, 4.69) is 54.8 Å². The first kappa shape index (κ1) is 14.4. The molecule has 1 unspecified atom stereocenters. The Morgan fingerprint density at radius 1 is 1.24 bits per heavy atom. The van der Waals surface area contributed by atoms with Gasteiger partial charge in [0.15, 0.2) is 5.65 Å². The smallest absolute Gasteiger partial charge is 0.160 e. The van der Waals surface area contributed by atoms with Crippen molar-refractivity contribution in [2.75, 3.05) is 11.4 Å². The van der Waals surface area contributed by atoms with Gasteiger partial charge in [-0.2, -0.15) is 5.10 Å². The average Bonchev–Trinajstić information content (AvgIpc) is 3.37. The van der Waals surface area contributed by atoms with E-state index in [0.717, 1.165) is 54.1 Å². The maximum atomic E-state index is 4.96. The number of nitrogens with one attached hydrogen (secondary N) is 1. The predicted octanol–water partition coefficient (Wildman–Crippen LogP) is 3.06. The second-order valence-corrected chi connectivity index (χ2v) is 6.38. The fourth-order valence-corrected chi connectivity index (χ4v) is 3.95. The lowest BCUT2D eigenvalue weighted by Gasteiger charge is -2.26. The molecule has 126 valence electrons. The highest BCUT2D eigenvalue weighted by Crippen LogP contribution is 2.38. The number of fused-ring (bicyclic) bond motifs is 2. The maximum Gasteiger partial charge on any atom is 0.160 e. The number of nitrogens with zero attached hydrogens (tertiary/aromatic N) is 6. The van der Waals surface area contributed by atoms with Crippen molar-refractivity contribution >= 4 is 27.9 Å². The number of aryl methyl sites for hydroxylation is 1. The number of rotatable bonds is 3. The Morgan fingerprint density at radius 2 is 2.16 bits per heavy atom. The molecule has 1 aliphatic heterocycles. The predicted molar refractivity (Wildman–Crippen MR) is 96.4 cm³/mol. The van der Waals surface area contributed by atoms with Crippen LogP contribution in [-0.2, 0) is 6.54 Å². The van der Waals surface area contributed by atoms with Crippen molar-refractivity contribution in [3.05, 3.63) is 42.6 Å². The summed E-state index contributed by atoms with van der Waals surface area (Å²) in [7, 11) is 0. The van der Waals surface area contributed by atoms with Gasteiger partial charge in [-0.3, -0.25) is 5.10 Å². The van der Waals surface area contributed by atoms with Crippen LogP contribution >= 0.6 is 0 Å². The molecule has 25 heavy (non-hydrogen) atoms. The first-order valence-corrected chi connectivity index (χ1v) is 8.72. The van der Waals surface area contributed by atoms with Crippen molar-refractivity contribution in [2.24, 2.45) is 0 Å². The van der Waals surface area contributed by atoms with Crippen LogP contribution in [0.3, 0.4) is 0 Å². The van der Waals surface area contributed by atoms with E-state index >= 15 is 0 Å². The summed E-state index contributed by atoms with van der Waals surface area (Å²) in [4.78, 5) is 16.1. The van der Waals surface area contributed by atoms with Gasteiger partial charge in [-0.05, 0) is 31.9 Å². The molecule has 1 fully saturated rings. The minimum Gasteiger partial charge on any atom is -0.346 e. The Kier molecular flexibility index (Phi) is 3.19. The summed E-state index contributed by atoms with van der Waals surface area (Å²) in [5.41, 5.74) is 3.03. The minimum absolute atomic E-state index is 0.223. The lowest BCUT2D eigenvalue weighted by Crippen LogP contribution is -2.26. The molecule has 0 radical (unpaired) electrons. The topological polar surface area (TPSA) is 75.5 Å². The molecule has 5 rings (SSSR count). The molecular formula is C18H19N7. The zero-order valence-corrected chi connectivity index (χ0v) is 14.1. The summed E-state index contributed by atoms with van der Waals surface area (Å²) in [6, 6.07) is 8.58. The molecule has 1 aliphatic rings. The second kappa shape index (κ2) is 5.54. The van der Waals surface area contributed by atoms with Gasteiger partial charge in [0.25, 0.3) is 0 Å². The number of hydrogen-bond acceptors (Lipinski definition) is 5. The van der Waals surface area contributed by atoms with E-state index in [-0.39, 0.29) is 6.04 Å². The highest BCUT2D eigenvalue weighted by molar-refractivity contribution is 5.86. The fourth-order valence-electron chi connectivity index (χ4n) is 3.95. The van der Waals surface area contributed by atoms with E-state index in [1.807, 2.05) is 12.3 Å². The summed E-state index contributed by atoms with van der Waals surface area (Å²) in [5.74, 6) is 2.06. The van der Waals surface area contributed by atoms with Crippen molar-refractivity contribution in [1.29, 1.82) is 0 Å². The second-order valence-electron chi connectivity index (χ2n) is 6.38. The summed E-state index contributed by atoms with van der Waals surface area (Å²) in [5, 5.41) is 8.02. The number of hydrogen-bond donors (Lipinski definition) is 1. The van der Waals surface area contributed by atoms with E-state index in [9.17, 15) is 0 Å². The van der Waals surface area contributed by atoms with Crippen LogP contribution in [0.1, 0.15) is 31.6 Å². The van der Waals surface area contributed by atoms with E-state index in [1.54, 1.807) is 6.33 Å². The van der Waals surface area contributed by atoms with Gasteiger partial charge in [-0.25, -0.2) is 15.0 Å². The molecule has 0 bridgehead atoms. The summed E-state index contributed by atoms with van der Waals surface area (Å²) in [6.45, 7) is 4.05. The van der Waals surface area contributed by atoms with Gasteiger partial charge in [0.1, 0.15) is 18.0 Å². The van der Waals surface area contributed by atoms with Crippen LogP contribution < -0.4 is 4.90 Å². The Labute approximate surface area is 144 Å². The van der Waals surface area contributed by atoms with E-state index in [0.29, 0.717) is 0 Å². The Balaban J connectivity index is 1.65. The van der Waals surface area contributed by atoms with Gasteiger partial charge in [0.2, 0.25) is 0 Å². The molecule has 1 N–H and O–H groups in total. The quantitative estimate of drug-likeness (QED) is 0.623. The fraction of sp³-hybridized carbons (Fsp3) is 0.333. The van der Waals surface area contributed by atoms with E-state index in [4.69, 9.17) is 4.98 Å². The number of para-hydroxylation sites is 2. The molecular weight excluding hydrogens is 314 g/mol. The third kappa shape index (κ3) is 2.12. The first-order chi connectivity index (χ1) is 12.4. The highest BCUT2D eigenvalue weighted by Gasteiger charge is 2.32. The molecule has 0 aliphatic carbocycles. The van der Waals surface area contributed by atoms with Crippen LogP contribution in [0.2, 0.25) is 0 Å². The zero-order chi connectivity index (χ0) is 16.8. The lowest BCUT2D eigenvalue weighted by molar-refractivity contribution is 0.606. The van der Waals surface area contributed by atoms with Crippen LogP contribution in [-0.4, -0.2) is 36.3 Å². The van der Waals surface area contributed by atoms with Gasteiger partial charge in [0, 0.05) is 13.1 Å². The Morgan fingerprint density at radius 3 is 3.08 bits per heavy atom. The summed E-state index contributed by atoms with van der Waals surface area (Å²) < 4.78 is 2.33. The number of aromatic amines is 1. The third-order valence-electron chi connectivity index (χ3n) is 5.05. The third-order valence-corrected chi connectivity index (χ3v) is 5.05. The largest absolute Gasteiger partial charge is 0.346 e. The average molecular weight is 333 g/mol. The Hall–Kier alpha value is -2.96. The molecule has 4 heterocycles. The van der Waals surface area contributed by atoms with E-state index in [1.165, 1.54) is 5.52 Å². The lowest BCUT2D eigenvalue weighted by atomic mass is 10.2. The van der Waals surface area contributed by atoms with Gasteiger partial charge in [-0.15, -0.1) is 0 Å². The number of aromatic nitrogens is 6. The van der Waals surface area contributed by atoms with Gasteiger partial charge < -0.3 is 9.47 Å². The Bertz CT molecular complexity index is 1050. The molecule has 0 amide bonds. The van der Waals surface area contributed by atoms with Crippen molar-refractivity contribution < 1.29 is 0 Å². The van der Waals surface area contributed by atoms with E-state index < -0.39 is 0 Å². The number of H-pyrrole nitrogens is 1. The molecule has 7 nitrogen and oxygen atoms in total. The first-order valence-electron chi connectivity index (χ1n) is 8.72. The minimum atomic E-state index is 0.223. The molecule has 1 saturated heterocycles. The highest BCUT2D eigenvalue weighted by atomic mass is 15.3. The van der Waals surface area contributed by atoms with Crippen LogP contribution in [0.4, 0.5) is 5.82 Å². The van der Waals surface area contributed by atoms with Crippen LogP contribution in [0.15, 0.2) is 36.8 Å². The normalized spacial score (nSPS) is 17.8. The zero-order valence-electron chi connectivity index (χ0n) is 14.1. The molecule has 4 aromatic rings. The van der Waals surface area contributed by atoms with Crippen LogP contribution in [0.25, 0.3) is 22.1 Å². The monoisotopic (exact) mass is 333 g/mol. The molecule has 1 atom stereocenters. The van der Waals surface area contributed by atoms with Crippen molar-refractivity contribution in [2.45, 2.75) is 32.4 Å². The molecule has 1 aromatic carbocycles. The number of benzene rings is 1. The van der Waals surface area contributed by atoms with Gasteiger partial charge in [0.05, 0.1) is 28.7 Å². The van der Waals surface area contributed by atoms with Crippen molar-refractivity contribution in [3.63, 3.8) is 0 Å². The van der Waals surface area contributed by atoms with Crippen molar-refractivity contribution in [3.8, 4) is 0 Å². The van der Waals surface area contributed by atoms with Crippen LogP contribution in [0, 0.1) is 0 Å².